The molecule has 0 heteroatoms. The van der Waals surface area contributed by atoms with E-state index >= 15 is 0 Å². The lowest BCUT2D eigenvalue weighted by atomic mass is 9.91. The fraction of sp³-hybridized carbons (Fsp3) is 0.556. The van der Waals surface area contributed by atoms with Crippen molar-refractivity contribution in [2.75, 3.05) is 0 Å². The molecule has 0 aliphatic heterocycles. The van der Waals surface area contributed by atoms with Gasteiger partial charge in [-0.2, -0.15) is 0 Å². The molecule has 0 amide bonds. The van der Waals surface area contributed by atoms with Gasteiger partial charge in [0.25, 0.3) is 0 Å². The van der Waals surface area contributed by atoms with Crippen LogP contribution in [0.5, 0.6) is 0 Å². The lowest BCUT2D eigenvalue weighted by Gasteiger charge is -2.11. The summed E-state index contributed by atoms with van der Waals surface area (Å²) in [6.07, 6.45) is 5.86. The second-order valence-corrected chi connectivity index (χ2v) is 2.64. The van der Waals surface area contributed by atoms with Gasteiger partial charge in [-0.25, -0.2) is 0 Å². The molecule has 0 heterocycles. The van der Waals surface area contributed by atoms with E-state index < -0.39 is 0 Å². The van der Waals surface area contributed by atoms with Crippen LogP contribution in [0, 0.1) is 29.6 Å². The van der Waals surface area contributed by atoms with E-state index in [0.29, 0.717) is 0 Å². The quantitative estimate of drug-likeness (QED) is 0.465. The van der Waals surface area contributed by atoms with E-state index in [4.69, 9.17) is 6.42 Å². The normalized spacial score (nSPS) is 9.11. The maximum Gasteiger partial charge on any atom is 0.0367 e. The van der Waals surface area contributed by atoms with Crippen molar-refractivity contribution >= 4 is 0 Å². The van der Waals surface area contributed by atoms with Gasteiger partial charge in [-0.1, -0.05) is 5.92 Å². The molecule has 0 aliphatic carbocycles. The van der Waals surface area contributed by atoms with Crippen molar-refractivity contribution in [3.05, 3.63) is 0 Å². The van der Waals surface area contributed by atoms with Gasteiger partial charge in [0.2, 0.25) is 0 Å². The molecule has 0 rings (SSSR count). The lowest BCUT2D eigenvalue weighted by Crippen LogP contribution is -2.05. The summed E-state index contributed by atoms with van der Waals surface area (Å²) in [7, 11) is 0. The monoisotopic (exact) mass is 120 g/mol. The summed E-state index contributed by atoms with van der Waals surface area (Å²) < 4.78 is 0. The molecule has 0 unspecified atom stereocenters. The molecule has 0 atom stereocenters. The van der Waals surface area contributed by atoms with Crippen LogP contribution in [0.25, 0.3) is 0 Å². The first-order valence-corrected chi connectivity index (χ1v) is 3.00. The zero-order valence-electron chi connectivity index (χ0n) is 6.28. The molecule has 9 heavy (non-hydrogen) atoms. The SMILES string of the molecule is C#CCC(C)(C)C#CC. The van der Waals surface area contributed by atoms with Crippen LogP contribution >= 0.6 is 0 Å². The van der Waals surface area contributed by atoms with E-state index in [1.807, 2.05) is 20.8 Å². The summed E-state index contributed by atoms with van der Waals surface area (Å²) in [5.41, 5.74) is 0.00347. The third-order valence-corrected chi connectivity index (χ3v) is 1.01. The average molecular weight is 120 g/mol. The predicted octanol–water partition coefficient (Wildman–Crippen LogP) is 2.06. The molecule has 0 aromatic rings. The molecule has 48 valence electrons. The number of terminal acetylenes is 1. The van der Waals surface area contributed by atoms with Crippen LogP contribution in [0.4, 0.5) is 0 Å². The molecule has 0 bridgehead atoms. The van der Waals surface area contributed by atoms with Crippen molar-refractivity contribution in [3.63, 3.8) is 0 Å². The van der Waals surface area contributed by atoms with Gasteiger partial charge in [-0.15, -0.1) is 18.3 Å². The van der Waals surface area contributed by atoms with Crippen LogP contribution in [0.2, 0.25) is 0 Å². The maximum absolute atomic E-state index is 5.13. The van der Waals surface area contributed by atoms with E-state index in [-0.39, 0.29) is 5.41 Å². The highest BCUT2D eigenvalue weighted by molar-refractivity contribution is 5.10. The molecule has 0 nitrogen and oxygen atoms in total. The zero-order chi connectivity index (χ0) is 7.33. The van der Waals surface area contributed by atoms with Crippen molar-refractivity contribution < 1.29 is 0 Å². The molecular formula is C9H12. The van der Waals surface area contributed by atoms with Gasteiger partial charge in [-0.3, -0.25) is 0 Å². The van der Waals surface area contributed by atoms with Crippen molar-refractivity contribution in [1.29, 1.82) is 0 Å². The highest BCUT2D eigenvalue weighted by Crippen LogP contribution is 2.16. The van der Waals surface area contributed by atoms with Gasteiger partial charge >= 0.3 is 0 Å². The molecule has 0 spiro atoms. The molecule has 0 aromatic carbocycles. The Morgan fingerprint density at radius 3 is 2.33 bits per heavy atom. The molecule has 0 fully saturated rings. The van der Waals surface area contributed by atoms with E-state index in [9.17, 15) is 0 Å². The summed E-state index contributed by atoms with van der Waals surface area (Å²) in [6.45, 7) is 5.92. The van der Waals surface area contributed by atoms with Crippen molar-refractivity contribution in [2.45, 2.75) is 27.2 Å². The third kappa shape index (κ3) is 3.68. The summed E-state index contributed by atoms with van der Waals surface area (Å²) in [6, 6.07) is 0. The standard InChI is InChI=1S/C9H12/c1-5-7-9(3,4)8-6-2/h1H,7H2,2-4H3. The Morgan fingerprint density at radius 1 is 1.44 bits per heavy atom. The number of hydrogen-bond acceptors (Lipinski definition) is 0. The van der Waals surface area contributed by atoms with Crippen LogP contribution < -0.4 is 0 Å². The Labute approximate surface area is 57.7 Å². The highest BCUT2D eigenvalue weighted by Gasteiger charge is 2.10. The molecule has 0 aliphatic rings. The molecule has 0 radical (unpaired) electrons. The first-order valence-electron chi connectivity index (χ1n) is 3.00. The summed E-state index contributed by atoms with van der Waals surface area (Å²) in [5, 5.41) is 0. The average Bonchev–Trinajstić information content (AvgIpc) is 1.64. The van der Waals surface area contributed by atoms with Gasteiger partial charge in [0, 0.05) is 11.8 Å². The van der Waals surface area contributed by atoms with Crippen molar-refractivity contribution in [2.24, 2.45) is 5.41 Å². The first-order chi connectivity index (χ1) is 4.12. The highest BCUT2D eigenvalue weighted by atomic mass is 14.1. The summed E-state index contributed by atoms with van der Waals surface area (Å²) in [4.78, 5) is 0. The fourth-order valence-electron chi connectivity index (χ4n) is 0.638. The van der Waals surface area contributed by atoms with Crippen molar-refractivity contribution in [3.8, 4) is 24.2 Å². The van der Waals surface area contributed by atoms with Crippen LogP contribution in [0.3, 0.4) is 0 Å². The van der Waals surface area contributed by atoms with Crippen LogP contribution in [-0.4, -0.2) is 0 Å². The van der Waals surface area contributed by atoms with Gasteiger partial charge in [0.1, 0.15) is 0 Å². The zero-order valence-corrected chi connectivity index (χ0v) is 6.28. The predicted molar refractivity (Wildman–Crippen MR) is 40.7 cm³/mol. The van der Waals surface area contributed by atoms with E-state index in [1.165, 1.54) is 0 Å². The third-order valence-electron chi connectivity index (χ3n) is 1.01. The second kappa shape index (κ2) is 3.21. The van der Waals surface area contributed by atoms with E-state index in [0.717, 1.165) is 6.42 Å². The number of rotatable bonds is 1. The van der Waals surface area contributed by atoms with Gasteiger partial charge in [0.05, 0.1) is 0 Å². The minimum atomic E-state index is 0.00347. The summed E-state index contributed by atoms with van der Waals surface area (Å²) in [5.74, 6) is 8.47. The van der Waals surface area contributed by atoms with Crippen LogP contribution in [0.1, 0.15) is 27.2 Å². The minimum Gasteiger partial charge on any atom is -0.120 e. The Morgan fingerprint density at radius 2 is 2.00 bits per heavy atom. The van der Waals surface area contributed by atoms with Crippen LogP contribution in [0.15, 0.2) is 0 Å². The molecule has 0 N–H and O–H groups in total. The molecule has 0 saturated carbocycles. The second-order valence-electron chi connectivity index (χ2n) is 2.64. The smallest absolute Gasteiger partial charge is 0.0367 e. The Kier molecular flexibility index (Phi) is 2.89. The molecule has 0 saturated heterocycles. The topological polar surface area (TPSA) is 0 Å². The Hall–Kier alpha value is -0.880. The van der Waals surface area contributed by atoms with E-state index in [1.54, 1.807) is 0 Å². The van der Waals surface area contributed by atoms with E-state index in [2.05, 4.69) is 17.8 Å². The first kappa shape index (κ1) is 8.12. The summed E-state index contributed by atoms with van der Waals surface area (Å²) >= 11 is 0. The molecular weight excluding hydrogens is 108 g/mol. The van der Waals surface area contributed by atoms with Crippen LogP contribution in [-0.2, 0) is 0 Å². The lowest BCUT2D eigenvalue weighted by molar-refractivity contribution is 0.522. The molecule has 0 aromatic heterocycles. The largest absolute Gasteiger partial charge is 0.120 e. The maximum atomic E-state index is 5.13. The van der Waals surface area contributed by atoms with Gasteiger partial charge < -0.3 is 0 Å². The Bertz CT molecular complexity index is 168. The fourth-order valence-corrected chi connectivity index (χ4v) is 0.638. The Balaban J connectivity index is 4.00. The van der Waals surface area contributed by atoms with Gasteiger partial charge in [0.15, 0.2) is 0 Å². The van der Waals surface area contributed by atoms with Gasteiger partial charge in [-0.05, 0) is 20.8 Å². The number of hydrogen-bond donors (Lipinski definition) is 0. The minimum absolute atomic E-state index is 0.00347. The van der Waals surface area contributed by atoms with Crippen molar-refractivity contribution in [1.82, 2.24) is 0 Å².